The zero-order chi connectivity index (χ0) is 21.7. The van der Waals surface area contributed by atoms with E-state index in [2.05, 4.69) is 20.8 Å². The minimum absolute atomic E-state index is 0.00208. The van der Waals surface area contributed by atoms with Gasteiger partial charge in [0.1, 0.15) is 5.82 Å². The molecule has 2 amide bonds. The normalized spacial score (nSPS) is 10.5. The maximum Gasteiger partial charge on any atom is 0.316 e. The molecular weight excluding hydrogens is 421 g/mol. The number of benzene rings is 2. The lowest BCUT2D eigenvalue weighted by atomic mass is 10.2. The first kappa shape index (κ1) is 20.9. The van der Waals surface area contributed by atoms with Gasteiger partial charge in [0.05, 0.1) is 21.1 Å². The Labute approximate surface area is 173 Å². The second kappa shape index (κ2) is 9.09. The van der Waals surface area contributed by atoms with E-state index in [1.807, 2.05) is 0 Å². The summed E-state index contributed by atoms with van der Waals surface area (Å²) in [7, 11) is 0. The van der Waals surface area contributed by atoms with Crippen molar-refractivity contribution in [1.29, 1.82) is 0 Å². The maximum absolute atomic E-state index is 13.7. The van der Waals surface area contributed by atoms with Crippen LogP contribution in [-0.4, -0.2) is 40.0 Å². The van der Waals surface area contributed by atoms with Crippen LogP contribution in [0.5, 0.6) is 0 Å². The van der Waals surface area contributed by atoms with Crippen LogP contribution < -0.4 is 10.6 Å². The van der Waals surface area contributed by atoms with Crippen LogP contribution in [0.15, 0.2) is 47.0 Å². The summed E-state index contributed by atoms with van der Waals surface area (Å²) in [5, 5.41) is 19.3. The SMILES string of the molecule is O=C(NCCNC(=O)c1cc([N+](=O)[O-])ccc1Cl)c1nc(-c2ccccc2F)no1. The van der Waals surface area contributed by atoms with Crippen molar-refractivity contribution < 1.29 is 23.4 Å². The van der Waals surface area contributed by atoms with E-state index in [0.717, 1.165) is 6.07 Å². The average Bonchev–Trinajstić information content (AvgIpc) is 3.21. The summed E-state index contributed by atoms with van der Waals surface area (Å²) in [6.45, 7) is -0.00751. The summed E-state index contributed by atoms with van der Waals surface area (Å²) in [6, 6.07) is 9.24. The fourth-order valence-corrected chi connectivity index (χ4v) is 2.59. The lowest BCUT2D eigenvalue weighted by Crippen LogP contribution is -2.35. The molecule has 30 heavy (non-hydrogen) atoms. The molecule has 1 aromatic heterocycles. The first-order valence-electron chi connectivity index (χ1n) is 8.45. The van der Waals surface area contributed by atoms with Crippen molar-refractivity contribution in [2.45, 2.75) is 0 Å². The number of carbonyl (C=O) groups excluding carboxylic acids is 2. The molecule has 0 aliphatic carbocycles. The zero-order valence-electron chi connectivity index (χ0n) is 15.1. The number of amides is 2. The number of nitro groups is 1. The summed E-state index contributed by atoms with van der Waals surface area (Å²) >= 11 is 5.90. The Balaban J connectivity index is 1.53. The van der Waals surface area contributed by atoms with Crippen LogP contribution in [-0.2, 0) is 0 Å². The van der Waals surface area contributed by atoms with Gasteiger partial charge in [0.15, 0.2) is 0 Å². The lowest BCUT2D eigenvalue weighted by Gasteiger charge is -2.07. The number of nitro benzene ring substituents is 1. The number of non-ortho nitro benzene ring substituents is 1. The summed E-state index contributed by atoms with van der Waals surface area (Å²) in [6.07, 6.45) is 0. The number of rotatable bonds is 7. The number of halogens is 2. The molecule has 0 saturated carbocycles. The lowest BCUT2D eigenvalue weighted by molar-refractivity contribution is -0.384. The summed E-state index contributed by atoms with van der Waals surface area (Å²) in [5.41, 5.74) is -0.259. The molecule has 0 spiro atoms. The molecule has 0 bridgehead atoms. The predicted octanol–water partition coefficient (Wildman–Crippen LogP) is 2.60. The fraction of sp³-hybridized carbons (Fsp3) is 0.111. The highest BCUT2D eigenvalue weighted by Crippen LogP contribution is 2.22. The third kappa shape index (κ3) is 4.75. The molecule has 0 aliphatic heterocycles. The van der Waals surface area contributed by atoms with Crippen molar-refractivity contribution in [3.05, 3.63) is 74.9 Å². The molecule has 0 aliphatic rings. The molecule has 154 valence electrons. The van der Waals surface area contributed by atoms with Crippen LogP contribution in [0.3, 0.4) is 0 Å². The molecule has 2 aromatic carbocycles. The van der Waals surface area contributed by atoms with Gasteiger partial charge in [-0.25, -0.2) is 4.39 Å². The monoisotopic (exact) mass is 433 g/mol. The van der Waals surface area contributed by atoms with Gasteiger partial charge in [-0.2, -0.15) is 4.98 Å². The van der Waals surface area contributed by atoms with E-state index in [4.69, 9.17) is 16.1 Å². The zero-order valence-corrected chi connectivity index (χ0v) is 15.9. The van der Waals surface area contributed by atoms with Crippen LogP contribution >= 0.6 is 11.6 Å². The highest BCUT2D eigenvalue weighted by atomic mass is 35.5. The molecule has 0 atom stereocenters. The quantitative estimate of drug-likeness (QED) is 0.331. The second-order valence-corrected chi connectivity index (χ2v) is 6.24. The number of carbonyl (C=O) groups is 2. The average molecular weight is 434 g/mol. The molecule has 10 nitrogen and oxygen atoms in total. The molecule has 0 unspecified atom stereocenters. The van der Waals surface area contributed by atoms with E-state index in [0.29, 0.717) is 0 Å². The Hall–Kier alpha value is -3.86. The number of hydrogen-bond donors (Lipinski definition) is 2. The van der Waals surface area contributed by atoms with Gasteiger partial charge in [-0.05, 0) is 18.2 Å². The van der Waals surface area contributed by atoms with Gasteiger partial charge in [0.2, 0.25) is 5.82 Å². The maximum atomic E-state index is 13.7. The van der Waals surface area contributed by atoms with E-state index < -0.39 is 22.6 Å². The Bertz CT molecular complexity index is 1120. The van der Waals surface area contributed by atoms with Crippen molar-refractivity contribution in [2.75, 3.05) is 13.1 Å². The van der Waals surface area contributed by atoms with Gasteiger partial charge < -0.3 is 15.2 Å². The number of nitrogens with zero attached hydrogens (tertiary/aromatic N) is 3. The van der Waals surface area contributed by atoms with E-state index in [9.17, 15) is 24.1 Å². The van der Waals surface area contributed by atoms with Gasteiger partial charge in [-0.1, -0.05) is 28.9 Å². The van der Waals surface area contributed by atoms with Gasteiger partial charge in [-0.15, -0.1) is 0 Å². The van der Waals surface area contributed by atoms with Crippen LogP contribution in [0.25, 0.3) is 11.4 Å². The number of hydrogen-bond acceptors (Lipinski definition) is 7. The predicted molar refractivity (Wildman–Crippen MR) is 102 cm³/mol. The Morgan fingerprint density at radius 1 is 1.13 bits per heavy atom. The Kier molecular flexibility index (Phi) is 6.32. The van der Waals surface area contributed by atoms with Crippen molar-refractivity contribution in [1.82, 2.24) is 20.8 Å². The molecule has 1 heterocycles. The minimum Gasteiger partial charge on any atom is -0.350 e. The molecule has 0 saturated heterocycles. The molecule has 0 fully saturated rings. The Morgan fingerprint density at radius 3 is 2.53 bits per heavy atom. The molecule has 3 rings (SSSR count). The number of nitrogens with one attached hydrogen (secondary N) is 2. The summed E-state index contributed by atoms with van der Waals surface area (Å²) in [4.78, 5) is 38.2. The fourth-order valence-electron chi connectivity index (χ4n) is 2.39. The van der Waals surface area contributed by atoms with Gasteiger partial charge in [-0.3, -0.25) is 19.7 Å². The van der Waals surface area contributed by atoms with Crippen molar-refractivity contribution in [2.24, 2.45) is 0 Å². The number of aromatic nitrogens is 2. The summed E-state index contributed by atoms with van der Waals surface area (Å²) < 4.78 is 18.6. The topological polar surface area (TPSA) is 140 Å². The van der Waals surface area contributed by atoms with E-state index in [1.165, 1.54) is 30.3 Å². The minimum atomic E-state index is -0.715. The van der Waals surface area contributed by atoms with Gasteiger partial charge in [0, 0.05) is 25.2 Å². The van der Waals surface area contributed by atoms with E-state index >= 15 is 0 Å². The van der Waals surface area contributed by atoms with Gasteiger partial charge >= 0.3 is 11.8 Å². The standard InChI is InChI=1S/C18H13ClFN5O5/c19-13-6-5-10(25(28)29)9-12(13)16(26)21-7-8-22-17(27)18-23-15(24-30-18)11-3-1-2-4-14(11)20/h1-6,9H,7-8H2,(H,21,26)(H,22,27). The molecule has 2 N–H and O–H groups in total. The highest BCUT2D eigenvalue weighted by molar-refractivity contribution is 6.33. The van der Waals surface area contributed by atoms with Crippen LogP contribution in [0.1, 0.15) is 21.0 Å². The largest absolute Gasteiger partial charge is 0.350 e. The second-order valence-electron chi connectivity index (χ2n) is 5.84. The van der Waals surface area contributed by atoms with Crippen molar-refractivity contribution >= 4 is 29.1 Å². The Morgan fingerprint density at radius 2 is 1.83 bits per heavy atom. The van der Waals surface area contributed by atoms with Crippen LogP contribution in [0, 0.1) is 15.9 Å². The third-order valence-corrected chi connectivity index (χ3v) is 4.17. The molecular formula is C18H13ClFN5O5. The first-order valence-corrected chi connectivity index (χ1v) is 8.83. The molecule has 3 aromatic rings. The first-order chi connectivity index (χ1) is 14.4. The molecule has 12 heteroatoms. The molecule has 0 radical (unpaired) electrons. The van der Waals surface area contributed by atoms with E-state index in [1.54, 1.807) is 6.07 Å². The van der Waals surface area contributed by atoms with E-state index in [-0.39, 0.29) is 46.6 Å². The third-order valence-electron chi connectivity index (χ3n) is 3.84. The van der Waals surface area contributed by atoms with Gasteiger partial charge in [0.25, 0.3) is 11.6 Å². The van der Waals surface area contributed by atoms with Crippen molar-refractivity contribution in [3.63, 3.8) is 0 Å². The van der Waals surface area contributed by atoms with Crippen LogP contribution in [0.2, 0.25) is 5.02 Å². The smallest absolute Gasteiger partial charge is 0.316 e. The van der Waals surface area contributed by atoms with Crippen LogP contribution in [0.4, 0.5) is 10.1 Å². The highest BCUT2D eigenvalue weighted by Gasteiger charge is 2.18. The summed E-state index contributed by atoms with van der Waals surface area (Å²) in [5.74, 6) is -2.37. The van der Waals surface area contributed by atoms with Crippen molar-refractivity contribution in [3.8, 4) is 11.4 Å².